The molecule has 1 aromatic rings. The first-order valence-corrected chi connectivity index (χ1v) is 5.78. The Morgan fingerprint density at radius 3 is 2.76 bits per heavy atom. The smallest absolute Gasteiger partial charge is 0.142 e. The quantitative estimate of drug-likeness (QED) is 0.799. The normalized spacial score (nSPS) is 16.8. The number of anilines is 1. The summed E-state index contributed by atoms with van der Waals surface area (Å²) in [5.41, 5.74) is 1.51. The van der Waals surface area contributed by atoms with E-state index in [1.54, 1.807) is 6.20 Å². The number of rotatable bonds is 3. The minimum absolute atomic E-state index is 0.216. The minimum atomic E-state index is 0.216. The molecule has 17 heavy (non-hydrogen) atoms. The molecule has 0 saturated carbocycles. The van der Waals surface area contributed by atoms with Crippen molar-refractivity contribution in [3.05, 3.63) is 24.0 Å². The van der Waals surface area contributed by atoms with E-state index in [0.717, 1.165) is 38.4 Å². The largest absolute Gasteiger partial charge is 0.395 e. The molecule has 1 N–H and O–H groups in total. The SMILES string of the molecule is N#Cc1cc(N2CCN(CCO)CC2)ccn1. The minimum Gasteiger partial charge on any atom is -0.395 e. The lowest BCUT2D eigenvalue weighted by Gasteiger charge is -2.35. The summed E-state index contributed by atoms with van der Waals surface area (Å²) >= 11 is 0. The molecule has 0 radical (unpaired) electrons. The van der Waals surface area contributed by atoms with Crippen LogP contribution in [0, 0.1) is 11.3 Å². The van der Waals surface area contributed by atoms with Crippen molar-refractivity contribution in [2.45, 2.75) is 0 Å². The zero-order chi connectivity index (χ0) is 12.1. The number of pyridine rings is 1. The molecule has 0 spiro atoms. The van der Waals surface area contributed by atoms with Gasteiger partial charge >= 0.3 is 0 Å². The molecule has 1 aliphatic rings. The van der Waals surface area contributed by atoms with Crippen molar-refractivity contribution in [2.75, 3.05) is 44.2 Å². The molecule has 0 aliphatic carbocycles. The summed E-state index contributed by atoms with van der Waals surface area (Å²) in [6.45, 7) is 4.71. The number of hydrogen-bond donors (Lipinski definition) is 1. The number of aromatic nitrogens is 1. The molecule has 1 saturated heterocycles. The Balaban J connectivity index is 1.98. The third kappa shape index (κ3) is 2.93. The van der Waals surface area contributed by atoms with Crippen molar-refractivity contribution in [3.8, 4) is 6.07 Å². The second-order valence-electron chi connectivity index (χ2n) is 4.06. The highest BCUT2D eigenvalue weighted by molar-refractivity contribution is 5.49. The molecule has 0 unspecified atom stereocenters. The maximum absolute atomic E-state index is 8.87. The van der Waals surface area contributed by atoms with Crippen molar-refractivity contribution in [2.24, 2.45) is 0 Å². The van der Waals surface area contributed by atoms with E-state index in [0.29, 0.717) is 5.69 Å². The average Bonchev–Trinajstić information content (AvgIpc) is 2.40. The molecule has 0 amide bonds. The van der Waals surface area contributed by atoms with Crippen LogP contribution in [0.1, 0.15) is 5.69 Å². The van der Waals surface area contributed by atoms with Crippen LogP contribution in [0.25, 0.3) is 0 Å². The highest BCUT2D eigenvalue weighted by Gasteiger charge is 2.16. The molecule has 0 bridgehead atoms. The van der Waals surface area contributed by atoms with Gasteiger partial charge in [-0.15, -0.1) is 0 Å². The molecular formula is C12H16N4O. The topological polar surface area (TPSA) is 63.4 Å². The monoisotopic (exact) mass is 232 g/mol. The maximum Gasteiger partial charge on any atom is 0.142 e. The Bertz CT molecular complexity index is 407. The highest BCUT2D eigenvalue weighted by atomic mass is 16.3. The first kappa shape index (κ1) is 11.8. The van der Waals surface area contributed by atoms with Gasteiger partial charge in [-0.1, -0.05) is 0 Å². The van der Waals surface area contributed by atoms with Crippen molar-refractivity contribution in [3.63, 3.8) is 0 Å². The maximum atomic E-state index is 8.87. The Hall–Kier alpha value is -1.64. The Kier molecular flexibility index (Phi) is 3.91. The van der Waals surface area contributed by atoms with Gasteiger partial charge in [0.05, 0.1) is 6.61 Å². The number of nitrogens with zero attached hydrogens (tertiary/aromatic N) is 4. The zero-order valence-corrected chi connectivity index (χ0v) is 9.71. The first-order chi connectivity index (χ1) is 8.33. The van der Waals surface area contributed by atoms with Crippen LogP contribution in [-0.2, 0) is 0 Å². The van der Waals surface area contributed by atoms with Gasteiger partial charge in [0.2, 0.25) is 0 Å². The second-order valence-corrected chi connectivity index (χ2v) is 4.06. The summed E-state index contributed by atoms with van der Waals surface area (Å²) < 4.78 is 0. The van der Waals surface area contributed by atoms with Crippen LogP contribution in [0.4, 0.5) is 5.69 Å². The summed E-state index contributed by atoms with van der Waals surface area (Å²) in [5.74, 6) is 0. The van der Waals surface area contributed by atoms with Gasteiger partial charge in [-0.3, -0.25) is 4.90 Å². The molecule has 5 heteroatoms. The van der Waals surface area contributed by atoms with Crippen molar-refractivity contribution in [1.29, 1.82) is 5.26 Å². The molecular weight excluding hydrogens is 216 g/mol. The fraction of sp³-hybridized carbons (Fsp3) is 0.500. The molecule has 0 aromatic carbocycles. The van der Waals surface area contributed by atoms with E-state index >= 15 is 0 Å². The predicted molar refractivity (Wildman–Crippen MR) is 64.7 cm³/mol. The standard InChI is InChI=1S/C12H16N4O/c13-10-11-9-12(1-2-14-11)16-5-3-15(4-6-16)7-8-17/h1-2,9,17H,3-8H2. The summed E-state index contributed by atoms with van der Waals surface area (Å²) in [5, 5.41) is 17.7. The Morgan fingerprint density at radius 1 is 1.35 bits per heavy atom. The summed E-state index contributed by atoms with van der Waals surface area (Å²) in [4.78, 5) is 8.45. The van der Waals surface area contributed by atoms with Gasteiger partial charge in [0.1, 0.15) is 11.8 Å². The predicted octanol–water partition coefficient (Wildman–Crippen LogP) is 0.0676. The fourth-order valence-electron chi connectivity index (χ4n) is 2.05. The Labute approximate surface area is 101 Å². The van der Waals surface area contributed by atoms with Crippen LogP contribution in [0.2, 0.25) is 0 Å². The van der Waals surface area contributed by atoms with Gasteiger partial charge in [-0.2, -0.15) is 5.26 Å². The van der Waals surface area contributed by atoms with Gasteiger partial charge in [-0.05, 0) is 12.1 Å². The lowest BCUT2D eigenvalue weighted by atomic mass is 10.2. The Morgan fingerprint density at radius 2 is 2.12 bits per heavy atom. The summed E-state index contributed by atoms with van der Waals surface area (Å²) in [6, 6.07) is 5.81. The number of piperazine rings is 1. The third-order valence-electron chi connectivity index (χ3n) is 3.01. The van der Waals surface area contributed by atoms with Crippen LogP contribution in [0.3, 0.4) is 0 Å². The number of aliphatic hydroxyl groups excluding tert-OH is 1. The molecule has 1 fully saturated rings. The first-order valence-electron chi connectivity index (χ1n) is 5.78. The lowest BCUT2D eigenvalue weighted by Crippen LogP contribution is -2.47. The molecule has 2 rings (SSSR count). The lowest BCUT2D eigenvalue weighted by molar-refractivity contribution is 0.189. The highest BCUT2D eigenvalue weighted by Crippen LogP contribution is 2.16. The number of β-amino-alcohol motifs (C(OH)–C–C–N with tert-alkyl or cyclic N) is 1. The van der Waals surface area contributed by atoms with Crippen LogP contribution < -0.4 is 4.90 Å². The van der Waals surface area contributed by atoms with Crippen LogP contribution >= 0.6 is 0 Å². The molecule has 90 valence electrons. The number of hydrogen-bond acceptors (Lipinski definition) is 5. The number of aliphatic hydroxyl groups is 1. The van der Waals surface area contributed by atoms with E-state index < -0.39 is 0 Å². The molecule has 1 aliphatic heterocycles. The molecule has 0 atom stereocenters. The fourth-order valence-corrected chi connectivity index (χ4v) is 2.05. The van der Waals surface area contributed by atoms with E-state index in [-0.39, 0.29) is 6.61 Å². The second kappa shape index (κ2) is 5.62. The van der Waals surface area contributed by atoms with Crippen molar-refractivity contribution >= 4 is 5.69 Å². The van der Waals surface area contributed by atoms with Crippen molar-refractivity contribution in [1.82, 2.24) is 9.88 Å². The van der Waals surface area contributed by atoms with Crippen molar-refractivity contribution < 1.29 is 5.11 Å². The summed E-state index contributed by atoms with van der Waals surface area (Å²) in [7, 11) is 0. The van der Waals surface area contributed by atoms with E-state index in [1.165, 1.54) is 0 Å². The van der Waals surface area contributed by atoms with Gasteiger partial charge in [0.25, 0.3) is 0 Å². The van der Waals surface area contributed by atoms with E-state index in [1.807, 2.05) is 12.1 Å². The van der Waals surface area contributed by atoms with Crippen LogP contribution in [-0.4, -0.2) is 54.3 Å². The molecule has 1 aromatic heterocycles. The van der Waals surface area contributed by atoms with Crippen LogP contribution in [0.5, 0.6) is 0 Å². The van der Waals surface area contributed by atoms with Gasteiger partial charge < -0.3 is 10.0 Å². The average molecular weight is 232 g/mol. The van der Waals surface area contributed by atoms with Crippen LogP contribution in [0.15, 0.2) is 18.3 Å². The zero-order valence-electron chi connectivity index (χ0n) is 9.71. The van der Waals surface area contributed by atoms with E-state index in [4.69, 9.17) is 10.4 Å². The van der Waals surface area contributed by atoms with E-state index in [9.17, 15) is 0 Å². The molecule has 2 heterocycles. The van der Waals surface area contributed by atoms with E-state index in [2.05, 4.69) is 20.9 Å². The summed E-state index contributed by atoms with van der Waals surface area (Å²) in [6.07, 6.45) is 1.67. The van der Waals surface area contributed by atoms with Gasteiger partial charge in [-0.25, -0.2) is 4.98 Å². The number of nitriles is 1. The van der Waals surface area contributed by atoms with Gasteiger partial charge in [0.15, 0.2) is 0 Å². The molecule has 5 nitrogen and oxygen atoms in total. The third-order valence-corrected chi connectivity index (χ3v) is 3.01. The van der Waals surface area contributed by atoms with Gasteiger partial charge in [0, 0.05) is 44.6 Å².